The molecule has 3 rings (SSSR count). The van der Waals surface area contributed by atoms with Gasteiger partial charge in [-0.2, -0.15) is 0 Å². The van der Waals surface area contributed by atoms with Gasteiger partial charge in [0.25, 0.3) is 0 Å². The maximum absolute atomic E-state index is 14.2. The monoisotopic (exact) mass is 364 g/mol. The molecule has 0 saturated carbocycles. The normalized spacial score (nSPS) is 11.1. The topological polar surface area (TPSA) is 43.4 Å². The summed E-state index contributed by atoms with van der Waals surface area (Å²) in [6.45, 7) is 2.35. The van der Waals surface area contributed by atoms with Gasteiger partial charge in [0.1, 0.15) is 0 Å². The third kappa shape index (κ3) is 3.63. The van der Waals surface area contributed by atoms with Gasteiger partial charge in [0, 0.05) is 15.9 Å². The van der Waals surface area contributed by atoms with E-state index >= 15 is 0 Å². The first-order chi connectivity index (χ1) is 12.7. The largest absolute Gasteiger partial charge is 0.462 e. The Labute approximate surface area is 154 Å². The third-order valence-electron chi connectivity index (χ3n) is 4.14. The molecule has 0 spiro atoms. The number of rotatable bonds is 6. The molecule has 4 heteroatoms. The first-order valence-electron chi connectivity index (χ1n) is 8.65. The molecule has 0 bridgehead atoms. The van der Waals surface area contributed by atoms with Crippen molar-refractivity contribution in [1.29, 1.82) is 0 Å². The average Bonchev–Trinajstić information content (AvgIpc) is 2.73. The molecule has 26 heavy (non-hydrogen) atoms. The molecule has 0 aromatic heterocycles. The summed E-state index contributed by atoms with van der Waals surface area (Å²) >= 11 is 0. The Kier molecular flexibility index (Phi) is 5.70. The van der Waals surface area contributed by atoms with E-state index in [0.29, 0.717) is 17.5 Å². The molecule has 3 aromatic rings. The van der Waals surface area contributed by atoms with Crippen molar-refractivity contribution in [1.82, 2.24) is 0 Å². The van der Waals surface area contributed by atoms with Crippen LogP contribution in [0.3, 0.4) is 0 Å². The Balaban J connectivity index is 2.04. The molecule has 0 atom stereocenters. The summed E-state index contributed by atoms with van der Waals surface area (Å²) in [5, 5.41) is 2.24. The van der Waals surface area contributed by atoms with Crippen molar-refractivity contribution >= 4 is 29.0 Å². The highest BCUT2D eigenvalue weighted by atomic mass is 31.2. The Morgan fingerprint density at radius 3 is 1.69 bits per heavy atom. The minimum absolute atomic E-state index is 0.354. The van der Waals surface area contributed by atoms with Crippen LogP contribution in [0.15, 0.2) is 84.9 Å². The van der Waals surface area contributed by atoms with Crippen LogP contribution in [0.25, 0.3) is 0 Å². The van der Waals surface area contributed by atoms with Crippen molar-refractivity contribution in [3.8, 4) is 0 Å². The quantitative estimate of drug-likeness (QED) is 0.492. The zero-order valence-corrected chi connectivity index (χ0v) is 15.6. The third-order valence-corrected chi connectivity index (χ3v) is 7.22. The lowest BCUT2D eigenvalue weighted by Gasteiger charge is -2.20. The second-order valence-corrected chi connectivity index (χ2v) is 8.73. The number of carbonyl (C=O) groups is 1. The van der Waals surface area contributed by atoms with Gasteiger partial charge in [-0.3, -0.25) is 0 Å². The van der Waals surface area contributed by atoms with E-state index in [1.165, 1.54) is 0 Å². The van der Waals surface area contributed by atoms with Crippen molar-refractivity contribution in [2.24, 2.45) is 0 Å². The van der Waals surface area contributed by atoms with Crippen LogP contribution in [-0.2, 0) is 9.30 Å². The molecule has 0 saturated heterocycles. The van der Waals surface area contributed by atoms with Gasteiger partial charge in [0.05, 0.1) is 12.2 Å². The van der Waals surface area contributed by atoms with Crippen molar-refractivity contribution in [2.75, 3.05) is 6.61 Å². The fraction of sp³-hybridized carbons (Fsp3) is 0.136. The summed E-state index contributed by atoms with van der Waals surface area (Å²) < 4.78 is 19.3. The van der Waals surface area contributed by atoms with Gasteiger partial charge >= 0.3 is 5.97 Å². The highest BCUT2D eigenvalue weighted by Crippen LogP contribution is 2.42. The first kappa shape index (κ1) is 18.2. The van der Waals surface area contributed by atoms with Crippen LogP contribution < -0.4 is 15.9 Å². The number of esters is 1. The molecule has 3 nitrogen and oxygen atoms in total. The van der Waals surface area contributed by atoms with Crippen molar-refractivity contribution in [3.05, 3.63) is 90.5 Å². The van der Waals surface area contributed by atoms with E-state index in [0.717, 1.165) is 17.0 Å². The predicted octanol–water partition coefficient (Wildman–Crippen LogP) is 3.89. The molecule has 0 aliphatic carbocycles. The average molecular weight is 364 g/mol. The lowest BCUT2D eigenvalue weighted by molar-refractivity contribution is 0.0505. The number of hydrogen-bond acceptors (Lipinski definition) is 3. The molecule has 0 N–H and O–H groups in total. The Morgan fingerprint density at radius 2 is 1.23 bits per heavy atom. The molecule has 0 heterocycles. The molecular weight excluding hydrogens is 343 g/mol. The van der Waals surface area contributed by atoms with Crippen LogP contribution in [0.2, 0.25) is 0 Å². The van der Waals surface area contributed by atoms with Crippen LogP contribution in [0.4, 0.5) is 0 Å². The van der Waals surface area contributed by atoms with Gasteiger partial charge in [0.15, 0.2) is 7.14 Å². The number of benzene rings is 3. The van der Waals surface area contributed by atoms with Gasteiger partial charge in [-0.25, -0.2) is 4.79 Å². The van der Waals surface area contributed by atoms with Crippen molar-refractivity contribution in [3.63, 3.8) is 0 Å². The molecule has 0 fully saturated rings. The minimum Gasteiger partial charge on any atom is -0.462 e. The predicted molar refractivity (Wildman–Crippen MR) is 106 cm³/mol. The summed E-state index contributed by atoms with van der Waals surface area (Å²) in [5.41, 5.74) is 0.467. The van der Waals surface area contributed by atoms with Gasteiger partial charge < -0.3 is 9.30 Å². The van der Waals surface area contributed by atoms with Crippen LogP contribution >= 0.6 is 7.14 Å². The van der Waals surface area contributed by atoms with E-state index in [2.05, 4.69) is 0 Å². The zero-order chi connectivity index (χ0) is 18.4. The van der Waals surface area contributed by atoms with Gasteiger partial charge in [-0.1, -0.05) is 79.7 Å². The summed E-state index contributed by atoms with van der Waals surface area (Å²) in [5.74, 6) is -0.354. The Morgan fingerprint density at radius 1 is 0.769 bits per heavy atom. The van der Waals surface area contributed by atoms with Gasteiger partial charge in [-0.15, -0.1) is 0 Å². The van der Waals surface area contributed by atoms with E-state index in [9.17, 15) is 9.36 Å². The Hall–Kier alpha value is -2.64. The standard InChI is InChI=1S/C22H21O3P/c1-2-17-25-22(23)18-13-15-21(16-14-18)26(24,19-9-5-3-6-10-19)20-11-7-4-8-12-20/h3-16H,2,17H2,1H3. The van der Waals surface area contributed by atoms with Crippen LogP contribution in [0, 0.1) is 0 Å². The van der Waals surface area contributed by atoms with E-state index in [1.807, 2.05) is 67.6 Å². The highest BCUT2D eigenvalue weighted by Gasteiger charge is 2.29. The number of carbonyl (C=O) groups excluding carboxylic acids is 1. The van der Waals surface area contributed by atoms with E-state index < -0.39 is 7.14 Å². The van der Waals surface area contributed by atoms with Gasteiger partial charge in [0.2, 0.25) is 0 Å². The molecular formula is C22H21O3P. The highest BCUT2D eigenvalue weighted by molar-refractivity contribution is 7.85. The summed E-state index contributed by atoms with van der Waals surface area (Å²) in [6.07, 6.45) is 0.779. The second kappa shape index (κ2) is 8.16. The summed E-state index contributed by atoms with van der Waals surface area (Å²) in [6, 6.07) is 25.8. The smallest absolute Gasteiger partial charge is 0.338 e. The Bertz CT molecular complexity index is 860. The molecule has 3 aromatic carbocycles. The van der Waals surface area contributed by atoms with E-state index in [4.69, 9.17) is 4.74 Å². The van der Waals surface area contributed by atoms with Crippen LogP contribution in [0.1, 0.15) is 23.7 Å². The maximum Gasteiger partial charge on any atom is 0.338 e. The van der Waals surface area contributed by atoms with E-state index in [-0.39, 0.29) is 5.97 Å². The number of ether oxygens (including phenoxy) is 1. The fourth-order valence-electron chi connectivity index (χ4n) is 2.81. The number of hydrogen-bond donors (Lipinski definition) is 0. The first-order valence-corrected chi connectivity index (χ1v) is 10.4. The molecule has 132 valence electrons. The SMILES string of the molecule is CCCOC(=O)c1ccc(P(=O)(c2ccccc2)c2ccccc2)cc1. The lowest BCUT2D eigenvalue weighted by Crippen LogP contribution is -2.25. The van der Waals surface area contributed by atoms with Crippen LogP contribution in [0.5, 0.6) is 0 Å². The maximum atomic E-state index is 14.2. The van der Waals surface area contributed by atoms with Crippen LogP contribution in [-0.4, -0.2) is 12.6 Å². The van der Waals surface area contributed by atoms with Gasteiger partial charge in [-0.05, 0) is 18.6 Å². The summed E-state index contributed by atoms with van der Waals surface area (Å²) in [4.78, 5) is 12.0. The molecule has 0 aliphatic heterocycles. The zero-order valence-electron chi connectivity index (χ0n) is 14.7. The lowest BCUT2D eigenvalue weighted by atomic mass is 10.2. The van der Waals surface area contributed by atoms with Crippen molar-refractivity contribution < 1.29 is 14.1 Å². The second-order valence-electron chi connectivity index (χ2n) is 5.96. The molecule has 0 unspecified atom stereocenters. The minimum atomic E-state index is -3.00. The van der Waals surface area contributed by atoms with Crippen molar-refractivity contribution in [2.45, 2.75) is 13.3 Å². The molecule has 0 radical (unpaired) electrons. The fourth-order valence-corrected chi connectivity index (χ4v) is 5.46. The molecule has 0 amide bonds. The summed E-state index contributed by atoms with van der Waals surface area (Å²) in [7, 11) is -3.00. The molecule has 0 aliphatic rings. The van der Waals surface area contributed by atoms with E-state index in [1.54, 1.807) is 24.3 Å².